The van der Waals surface area contributed by atoms with Gasteiger partial charge in [0, 0.05) is 12.6 Å². The summed E-state index contributed by atoms with van der Waals surface area (Å²) < 4.78 is 14.3. The van der Waals surface area contributed by atoms with Gasteiger partial charge in [-0.05, 0) is 82.0 Å². The van der Waals surface area contributed by atoms with Crippen LogP contribution in [0.3, 0.4) is 0 Å². The molecule has 0 saturated carbocycles. The zero-order chi connectivity index (χ0) is 17.3. The summed E-state index contributed by atoms with van der Waals surface area (Å²) in [5, 5.41) is 0. The highest BCUT2D eigenvalue weighted by molar-refractivity contribution is 5.79. The van der Waals surface area contributed by atoms with Gasteiger partial charge in [0.2, 0.25) is 0 Å². The minimum absolute atomic E-state index is 0.115. The molecule has 0 radical (unpaired) electrons. The maximum atomic E-state index is 14.3. The maximum Gasteiger partial charge on any atom is 0.191 e. The Morgan fingerprint density at radius 1 is 1.17 bits per heavy atom. The van der Waals surface area contributed by atoms with Gasteiger partial charge in [-0.25, -0.2) is 9.38 Å². The molecule has 2 heterocycles. The van der Waals surface area contributed by atoms with Crippen LogP contribution in [-0.2, 0) is 0 Å². The summed E-state index contributed by atoms with van der Waals surface area (Å²) in [4.78, 5) is 8.87. The van der Waals surface area contributed by atoms with Gasteiger partial charge >= 0.3 is 0 Å². The molecule has 4 N–H and O–H groups in total. The van der Waals surface area contributed by atoms with Gasteiger partial charge in [0.25, 0.3) is 0 Å². The molecule has 24 heavy (non-hydrogen) atoms. The van der Waals surface area contributed by atoms with E-state index in [1.165, 1.54) is 19.5 Å². The highest BCUT2D eigenvalue weighted by Gasteiger charge is 2.30. The Kier molecular flexibility index (Phi) is 5.06. The third-order valence-electron chi connectivity index (χ3n) is 5.44. The molecular formula is C18H28FN5. The van der Waals surface area contributed by atoms with E-state index in [-0.39, 0.29) is 17.5 Å². The molecule has 2 saturated heterocycles. The predicted molar refractivity (Wildman–Crippen MR) is 96.1 cm³/mol. The number of aryl methyl sites for hydroxylation is 1. The molecule has 1 atom stereocenters. The summed E-state index contributed by atoms with van der Waals surface area (Å²) in [5.74, 6) is -0.0390. The maximum absolute atomic E-state index is 14.3. The van der Waals surface area contributed by atoms with Gasteiger partial charge in [-0.15, -0.1) is 0 Å². The smallest absolute Gasteiger partial charge is 0.191 e. The molecule has 2 aliphatic heterocycles. The van der Waals surface area contributed by atoms with Crippen LogP contribution in [0.15, 0.2) is 17.1 Å². The summed E-state index contributed by atoms with van der Waals surface area (Å²) in [6.07, 6.45) is 3.44. The van der Waals surface area contributed by atoms with Crippen LogP contribution in [0.4, 0.5) is 10.1 Å². The number of piperidine rings is 1. The first-order chi connectivity index (χ1) is 11.4. The van der Waals surface area contributed by atoms with Gasteiger partial charge in [-0.2, -0.15) is 0 Å². The molecule has 3 rings (SSSR count). The second kappa shape index (κ2) is 7.07. The van der Waals surface area contributed by atoms with Crippen molar-refractivity contribution in [2.45, 2.75) is 38.1 Å². The van der Waals surface area contributed by atoms with Crippen molar-refractivity contribution in [1.29, 1.82) is 0 Å². The Morgan fingerprint density at radius 3 is 2.46 bits per heavy atom. The number of nitrogens with two attached hydrogens (primary N) is 2. The van der Waals surface area contributed by atoms with Gasteiger partial charge < -0.3 is 16.4 Å². The Bertz CT molecular complexity index is 618. The van der Waals surface area contributed by atoms with Crippen LogP contribution >= 0.6 is 0 Å². The van der Waals surface area contributed by atoms with Crippen molar-refractivity contribution in [3.63, 3.8) is 0 Å². The topological polar surface area (TPSA) is 70.9 Å². The van der Waals surface area contributed by atoms with Crippen molar-refractivity contribution < 1.29 is 4.39 Å². The van der Waals surface area contributed by atoms with Crippen LogP contribution < -0.4 is 11.5 Å². The number of rotatable bonds is 3. The van der Waals surface area contributed by atoms with E-state index in [9.17, 15) is 4.39 Å². The molecule has 6 heteroatoms. The number of hydrogen-bond donors (Lipinski definition) is 2. The molecular weight excluding hydrogens is 305 g/mol. The fraction of sp³-hybridized carbons (Fsp3) is 0.611. The molecule has 0 aliphatic carbocycles. The zero-order valence-corrected chi connectivity index (χ0v) is 14.6. The minimum atomic E-state index is -0.344. The largest absolute Gasteiger partial charge is 0.370 e. The third-order valence-corrected chi connectivity index (χ3v) is 5.44. The van der Waals surface area contributed by atoms with E-state index < -0.39 is 0 Å². The van der Waals surface area contributed by atoms with E-state index in [0.29, 0.717) is 12.0 Å². The SMILES string of the molecule is Cc1cc(N=C(N)N)c(F)cc1C1CCN(C2CCN(C)C2)CC1. The average molecular weight is 333 g/mol. The molecule has 0 bridgehead atoms. The van der Waals surface area contributed by atoms with Crippen molar-refractivity contribution in [1.82, 2.24) is 9.80 Å². The van der Waals surface area contributed by atoms with Crippen LogP contribution in [0.2, 0.25) is 0 Å². The van der Waals surface area contributed by atoms with Crippen molar-refractivity contribution in [2.24, 2.45) is 16.5 Å². The quantitative estimate of drug-likeness (QED) is 0.655. The first-order valence-corrected chi connectivity index (χ1v) is 8.76. The summed E-state index contributed by atoms with van der Waals surface area (Å²) in [5.41, 5.74) is 13.1. The Labute approximate surface area is 143 Å². The van der Waals surface area contributed by atoms with Gasteiger partial charge in [0.15, 0.2) is 5.96 Å². The second-order valence-electron chi connectivity index (χ2n) is 7.21. The Balaban J connectivity index is 1.68. The van der Waals surface area contributed by atoms with E-state index in [1.54, 1.807) is 12.1 Å². The fourth-order valence-corrected chi connectivity index (χ4v) is 4.13. The van der Waals surface area contributed by atoms with Crippen LogP contribution in [0.25, 0.3) is 0 Å². The van der Waals surface area contributed by atoms with E-state index >= 15 is 0 Å². The molecule has 132 valence electrons. The number of benzene rings is 1. The van der Waals surface area contributed by atoms with Crippen LogP contribution in [-0.4, -0.2) is 55.0 Å². The standard InChI is InChI=1S/C18H28FN5/c1-12-9-17(22-18(20)21)16(19)10-15(12)13-3-7-24(8-4-13)14-5-6-23(2)11-14/h9-10,13-14H,3-8,11H2,1-2H3,(H4,20,21,22). The molecule has 0 amide bonds. The van der Waals surface area contributed by atoms with Crippen molar-refractivity contribution >= 4 is 11.6 Å². The van der Waals surface area contributed by atoms with E-state index in [0.717, 1.165) is 37.1 Å². The average Bonchev–Trinajstić information content (AvgIpc) is 2.97. The lowest BCUT2D eigenvalue weighted by atomic mass is 9.86. The molecule has 2 fully saturated rings. The second-order valence-corrected chi connectivity index (χ2v) is 7.21. The van der Waals surface area contributed by atoms with Crippen LogP contribution in [0, 0.1) is 12.7 Å². The fourth-order valence-electron chi connectivity index (χ4n) is 4.13. The monoisotopic (exact) mass is 333 g/mol. The van der Waals surface area contributed by atoms with E-state index in [1.807, 2.05) is 6.92 Å². The summed E-state index contributed by atoms with van der Waals surface area (Å²) in [6, 6.07) is 4.07. The van der Waals surface area contributed by atoms with Crippen molar-refractivity contribution in [3.8, 4) is 0 Å². The van der Waals surface area contributed by atoms with Gasteiger partial charge in [-0.1, -0.05) is 0 Å². The lowest BCUT2D eigenvalue weighted by Crippen LogP contribution is -2.42. The Morgan fingerprint density at radius 2 is 1.88 bits per heavy atom. The number of halogens is 1. The number of nitrogens with zero attached hydrogens (tertiary/aromatic N) is 3. The number of likely N-dealkylation sites (N-methyl/N-ethyl adjacent to an activating group) is 1. The summed E-state index contributed by atoms with van der Waals surface area (Å²) >= 11 is 0. The zero-order valence-electron chi connectivity index (χ0n) is 14.6. The van der Waals surface area contributed by atoms with Gasteiger partial charge in [-0.3, -0.25) is 4.90 Å². The molecule has 5 nitrogen and oxygen atoms in total. The molecule has 0 spiro atoms. The van der Waals surface area contributed by atoms with E-state index in [4.69, 9.17) is 11.5 Å². The normalized spacial score (nSPS) is 23.5. The highest BCUT2D eigenvalue weighted by atomic mass is 19.1. The van der Waals surface area contributed by atoms with Gasteiger partial charge in [0.05, 0.1) is 0 Å². The Hall–Kier alpha value is -1.66. The third kappa shape index (κ3) is 3.70. The molecule has 1 aromatic rings. The molecule has 0 aromatic heterocycles. The van der Waals surface area contributed by atoms with Gasteiger partial charge in [0.1, 0.15) is 11.5 Å². The van der Waals surface area contributed by atoms with Crippen LogP contribution in [0.5, 0.6) is 0 Å². The van der Waals surface area contributed by atoms with E-state index in [2.05, 4.69) is 21.8 Å². The van der Waals surface area contributed by atoms with Crippen molar-refractivity contribution in [3.05, 3.63) is 29.1 Å². The molecule has 1 unspecified atom stereocenters. The summed E-state index contributed by atoms with van der Waals surface area (Å²) in [7, 11) is 2.19. The summed E-state index contributed by atoms with van der Waals surface area (Å²) in [6.45, 7) is 6.57. The lowest BCUT2D eigenvalue weighted by molar-refractivity contribution is 0.154. The number of aliphatic imine (C=N–C) groups is 1. The highest BCUT2D eigenvalue weighted by Crippen LogP contribution is 2.34. The molecule has 2 aliphatic rings. The molecule has 1 aromatic carbocycles. The number of guanidine groups is 1. The first kappa shape index (κ1) is 17.2. The first-order valence-electron chi connectivity index (χ1n) is 8.76. The number of likely N-dealkylation sites (tertiary alicyclic amines) is 2. The van der Waals surface area contributed by atoms with Crippen molar-refractivity contribution in [2.75, 3.05) is 33.2 Å². The predicted octanol–water partition coefficient (Wildman–Crippen LogP) is 1.92. The minimum Gasteiger partial charge on any atom is -0.370 e. The lowest BCUT2D eigenvalue weighted by Gasteiger charge is -2.36. The number of hydrogen-bond acceptors (Lipinski definition) is 3. The van der Waals surface area contributed by atoms with Crippen LogP contribution in [0.1, 0.15) is 36.3 Å².